The Morgan fingerprint density at radius 1 is 1.09 bits per heavy atom. The highest BCUT2D eigenvalue weighted by Crippen LogP contribution is 2.33. The molecule has 3 aromatic rings. The number of fused-ring (bicyclic) bond motifs is 1. The van der Waals surface area contributed by atoms with Gasteiger partial charge in [0, 0.05) is 13.1 Å². The maximum absolute atomic E-state index is 13.2. The molecule has 4 rings (SSSR count). The number of H-pyrrole nitrogens is 1. The number of likely N-dealkylation sites (N-methyl/N-ethyl adjacent to an activating group) is 2. The van der Waals surface area contributed by atoms with Crippen LogP contribution in [0.1, 0.15) is 35.6 Å². The van der Waals surface area contributed by atoms with Crippen molar-refractivity contribution in [2.75, 3.05) is 31.3 Å². The average molecular weight is 448 g/mol. The number of aromatic nitrogens is 2. The Labute approximate surface area is 192 Å². The summed E-state index contributed by atoms with van der Waals surface area (Å²) in [6.07, 6.45) is 3.07. The number of nitrogen functional groups attached to an aromatic ring is 1. The lowest BCUT2D eigenvalue weighted by Crippen LogP contribution is -2.43. The third kappa shape index (κ3) is 4.61. The molecule has 1 aromatic heterocycles. The van der Waals surface area contributed by atoms with E-state index >= 15 is 0 Å². The Kier molecular flexibility index (Phi) is 6.46. The number of carbonyl (C=O) groups excluding carboxylic acids is 1. The van der Waals surface area contributed by atoms with E-state index in [-0.39, 0.29) is 36.5 Å². The molecule has 0 saturated heterocycles. The van der Waals surface area contributed by atoms with Crippen LogP contribution in [0, 0.1) is 0 Å². The molecule has 0 saturated carbocycles. The topological polar surface area (TPSA) is 104 Å². The van der Waals surface area contributed by atoms with Crippen molar-refractivity contribution in [3.8, 4) is 0 Å². The molecule has 1 amide bonds. The minimum Gasteiger partial charge on any atom is -0.383 e. The van der Waals surface area contributed by atoms with Gasteiger partial charge in [-0.3, -0.25) is 24.0 Å². The van der Waals surface area contributed by atoms with Gasteiger partial charge in [0.2, 0.25) is 5.91 Å². The van der Waals surface area contributed by atoms with E-state index in [9.17, 15) is 14.4 Å². The van der Waals surface area contributed by atoms with Crippen molar-refractivity contribution in [3.63, 3.8) is 0 Å². The van der Waals surface area contributed by atoms with Crippen molar-refractivity contribution >= 4 is 17.4 Å². The van der Waals surface area contributed by atoms with Crippen LogP contribution in [-0.4, -0.2) is 41.0 Å². The zero-order chi connectivity index (χ0) is 23.5. The number of amides is 1. The van der Waals surface area contributed by atoms with Gasteiger partial charge in [0.15, 0.2) is 5.69 Å². The summed E-state index contributed by atoms with van der Waals surface area (Å²) in [5.74, 6) is -0.309. The van der Waals surface area contributed by atoms with Gasteiger partial charge in [-0.1, -0.05) is 54.6 Å². The van der Waals surface area contributed by atoms with E-state index < -0.39 is 11.2 Å². The number of nitrogens with zero attached hydrogens (tertiary/aromatic N) is 3. The highest BCUT2D eigenvalue weighted by molar-refractivity contribution is 5.96. The Balaban J connectivity index is 1.57. The number of carbonyl (C=O) groups is 1. The molecule has 33 heavy (non-hydrogen) atoms. The first-order chi connectivity index (χ1) is 15.9. The minimum absolute atomic E-state index is 0.0204. The largest absolute Gasteiger partial charge is 0.383 e. The highest BCUT2D eigenvalue weighted by Gasteiger charge is 2.27. The molecule has 0 unspecified atom stereocenters. The first kappa shape index (κ1) is 22.5. The van der Waals surface area contributed by atoms with Crippen LogP contribution in [-0.2, 0) is 17.8 Å². The molecule has 8 nitrogen and oxygen atoms in total. The summed E-state index contributed by atoms with van der Waals surface area (Å²) < 4.78 is 1.27. The molecular weight excluding hydrogens is 418 g/mol. The van der Waals surface area contributed by atoms with Crippen LogP contribution in [0.3, 0.4) is 0 Å². The second-order valence-electron chi connectivity index (χ2n) is 8.54. The second kappa shape index (κ2) is 9.46. The summed E-state index contributed by atoms with van der Waals surface area (Å²) in [5, 5.41) is 0. The van der Waals surface area contributed by atoms with Crippen LogP contribution in [0.25, 0.3) is 0 Å². The van der Waals surface area contributed by atoms with Gasteiger partial charge in [-0.15, -0.1) is 0 Å². The molecule has 0 bridgehead atoms. The zero-order valence-corrected chi connectivity index (χ0v) is 19.0. The third-order valence-corrected chi connectivity index (χ3v) is 6.36. The summed E-state index contributed by atoms with van der Waals surface area (Å²) >= 11 is 0. The van der Waals surface area contributed by atoms with Crippen molar-refractivity contribution in [1.29, 1.82) is 0 Å². The molecule has 0 radical (unpaired) electrons. The first-order valence-corrected chi connectivity index (χ1v) is 11.1. The molecule has 1 aliphatic carbocycles. The molecule has 1 heterocycles. The lowest BCUT2D eigenvalue weighted by atomic mass is 9.87. The predicted molar refractivity (Wildman–Crippen MR) is 129 cm³/mol. The fraction of sp³-hybridized carbons (Fsp3) is 0.320. The molecule has 0 aliphatic heterocycles. The van der Waals surface area contributed by atoms with Crippen molar-refractivity contribution in [1.82, 2.24) is 14.5 Å². The smallest absolute Gasteiger partial charge is 0.330 e. The van der Waals surface area contributed by atoms with Crippen LogP contribution in [0.4, 0.5) is 11.5 Å². The summed E-state index contributed by atoms with van der Waals surface area (Å²) in [4.78, 5) is 43.8. The predicted octanol–water partition coefficient (Wildman–Crippen LogP) is 2.14. The van der Waals surface area contributed by atoms with Crippen molar-refractivity contribution in [3.05, 3.63) is 92.1 Å². The normalized spacial score (nSPS) is 15.3. The van der Waals surface area contributed by atoms with E-state index in [1.165, 1.54) is 27.6 Å². The number of hydrogen-bond acceptors (Lipinski definition) is 5. The van der Waals surface area contributed by atoms with Crippen LogP contribution >= 0.6 is 0 Å². The third-order valence-electron chi connectivity index (χ3n) is 6.36. The van der Waals surface area contributed by atoms with Crippen molar-refractivity contribution < 1.29 is 4.79 Å². The summed E-state index contributed by atoms with van der Waals surface area (Å²) in [5.41, 5.74) is 8.35. The number of anilines is 2. The summed E-state index contributed by atoms with van der Waals surface area (Å²) in [7, 11) is 3.44. The molecule has 8 heteroatoms. The van der Waals surface area contributed by atoms with Gasteiger partial charge >= 0.3 is 5.69 Å². The van der Waals surface area contributed by atoms with Gasteiger partial charge in [-0.25, -0.2) is 4.79 Å². The van der Waals surface area contributed by atoms with Gasteiger partial charge in [0.1, 0.15) is 5.82 Å². The Hall–Kier alpha value is -3.65. The minimum atomic E-state index is -0.677. The number of hydrogen-bond donors (Lipinski definition) is 2. The number of benzene rings is 2. The van der Waals surface area contributed by atoms with Crippen LogP contribution in [0.15, 0.2) is 64.2 Å². The lowest BCUT2D eigenvalue weighted by Gasteiger charge is -2.33. The van der Waals surface area contributed by atoms with E-state index in [0.29, 0.717) is 0 Å². The molecule has 3 N–H and O–H groups in total. The van der Waals surface area contributed by atoms with E-state index in [1.807, 2.05) is 54.4 Å². The molecular formula is C25H29N5O3. The zero-order valence-electron chi connectivity index (χ0n) is 19.0. The van der Waals surface area contributed by atoms with Crippen molar-refractivity contribution in [2.24, 2.45) is 0 Å². The number of nitrogens with two attached hydrogens (primary N) is 1. The number of nitrogens with one attached hydrogen (secondary N) is 1. The Morgan fingerprint density at radius 2 is 1.79 bits per heavy atom. The number of aryl methyl sites for hydroxylation is 1. The molecule has 0 fully saturated rings. The maximum atomic E-state index is 13.2. The van der Waals surface area contributed by atoms with E-state index in [1.54, 1.807) is 0 Å². The Morgan fingerprint density at radius 3 is 2.55 bits per heavy atom. The SMILES string of the molecule is CN(C(=O)CN(C)[C@@H]1CCCc2ccccc21)c1c(N)n(Cc2ccccc2)c(=O)[nH]c1=O. The quantitative estimate of drug-likeness (QED) is 0.603. The molecule has 2 aromatic carbocycles. The van der Waals surface area contributed by atoms with E-state index in [0.717, 1.165) is 24.8 Å². The van der Waals surface area contributed by atoms with Crippen LogP contribution < -0.4 is 21.9 Å². The Bertz CT molecular complexity index is 1270. The van der Waals surface area contributed by atoms with E-state index in [4.69, 9.17) is 5.73 Å². The van der Waals surface area contributed by atoms with Crippen LogP contribution in [0.2, 0.25) is 0 Å². The molecule has 1 aliphatic rings. The van der Waals surface area contributed by atoms with Gasteiger partial charge in [-0.05, 0) is 43.0 Å². The number of aromatic amines is 1. The molecule has 172 valence electrons. The maximum Gasteiger partial charge on any atom is 0.330 e. The highest BCUT2D eigenvalue weighted by atomic mass is 16.2. The second-order valence-corrected chi connectivity index (χ2v) is 8.54. The van der Waals surface area contributed by atoms with E-state index in [2.05, 4.69) is 17.1 Å². The summed E-state index contributed by atoms with van der Waals surface area (Å²) in [6.45, 7) is 0.308. The standard InChI is InChI=1S/C25H29N5O3/c1-28(20-14-8-12-18-11-6-7-13-19(18)20)16-21(31)29(2)22-23(26)30(25(33)27-24(22)32)15-17-9-4-3-5-10-17/h3-7,9-11,13,20H,8,12,14-16,26H2,1-2H3,(H,27,32,33)/t20-/m1/s1. The number of rotatable bonds is 6. The molecule has 1 atom stereocenters. The first-order valence-electron chi connectivity index (χ1n) is 11.1. The monoisotopic (exact) mass is 447 g/mol. The van der Waals surface area contributed by atoms with Crippen LogP contribution in [0.5, 0.6) is 0 Å². The fourth-order valence-electron chi connectivity index (χ4n) is 4.56. The van der Waals surface area contributed by atoms with Gasteiger partial charge in [-0.2, -0.15) is 0 Å². The summed E-state index contributed by atoms with van der Waals surface area (Å²) in [6, 6.07) is 17.8. The van der Waals surface area contributed by atoms with Gasteiger partial charge in [0.25, 0.3) is 5.56 Å². The molecule has 0 spiro atoms. The van der Waals surface area contributed by atoms with Gasteiger partial charge in [0.05, 0.1) is 13.1 Å². The fourth-order valence-corrected chi connectivity index (χ4v) is 4.56. The lowest BCUT2D eigenvalue weighted by molar-refractivity contribution is -0.119. The average Bonchev–Trinajstić information content (AvgIpc) is 2.81. The van der Waals surface area contributed by atoms with Gasteiger partial charge < -0.3 is 10.6 Å². The van der Waals surface area contributed by atoms with Crippen molar-refractivity contribution in [2.45, 2.75) is 31.8 Å².